The maximum absolute atomic E-state index is 9.51. The first-order chi connectivity index (χ1) is 7.79. The summed E-state index contributed by atoms with van der Waals surface area (Å²) in [6.45, 7) is 3.49. The molecule has 1 aromatic carbocycles. The molecule has 0 aliphatic carbocycles. The monoisotopic (exact) mass is 240 g/mol. The molecule has 1 aliphatic rings. The Morgan fingerprint density at radius 1 is 1.38 bits per heavy atom. The van der Waals surface area contributed by atoms with E-state index < -0.39 is 0 Å². The Kier molecular flexibility index (Phi) is 3.96. The van der Waals surface area contributed by atoms with Gasteiger partial charge in [0.05, 0.1) is 20.2 Å². The summed E-state index contributed by atoms with van der Waals surface area (Å²) in [5, 5.41) is 9.51. The summed E-state index contributed by atoms with van der Waals surface area (Å²) in [6, 6.07) is 5.63. The van der Waals surface area contributed by atoms with Crippen LogP contribution in [-0.2, 0) is 6.54 Å². The second kappa shape index (κ2) is 5.46. The van der Waals surface area contributed by atoms with Crippen LogP contribution < -0.4 is 9.64 Å². The summed E-state index contributed by atoms with van der Waals surface area (Å²) in [7, 11) is 1.59. The number of ether oxygens (including phenoxy) is 1. The highest BCUT2D eigenvalue weighted by Crippen LogP contribution is 2.25. The fourth-order valence-electron chi connectivity index (χ4n) is 1.96. The van der Waals surface area contributed by atoms with Crippen molar-refractivity contribution < 1.29 is 14.7 Å². The molecule has 2 rings (SSSR count). The zero-order chi connectivity index (χ0) is 11.4. The number of aromatic hydroxyl groups is 1. The van der Waals surface area contributed by atoms with Gasteiger partial charge >= 0.3 is 0 Å². The topological polar surface area (TPSA) is 33.9 Å². The van der Waals surface area contributed by atoms with Crippen LogP contribution in [0.1, 0.15) is 5.56 Å². The average molecular weight is 240 g/mol. The lowest BCUT2D eigenvalue weighted by Gasteiger charge is -2.23. The number of thioether (sulfide) groups is 1. The minimum Gasteiger partial charge on any atom is -0.504 e. The Labute approximate surface area is 100 Å². The number of phenols is 1. The molecule has 0 aromatic heterocycles. The highest BCUT2D eigenvalue weighted by molar-refractivity contribution is 7.99. The molecule has 0 atom stereocenters. The van der Waals surface area contributed by atoms with Crippen LogP contribution in [-0.4, -0.2) is 36.8 Å². The van der Waals surface area contributed by atoms with Gasteiger partial charge in [0.15, 0.2) is 11.5 Å². The minimum absolute atomic E-state index is 0.218. The van der Waals surface area contributed by atoms with Crippen LogP contribution in [0.4, 0.5) is 0 Å². The molecule has 0 saturated carbocycles. The van der Waals surface area contributed by atoms with Gasteiger partial charge in [0.25, 0.3) is 0 Å². The molecule has 1 aromatic rings. The third-order valence-corrected chi connectivity index (χ3v) is 3.88. The first-order valence-corrected chi connectivity index (χ1v) is 6.72. The highest BCUT2D eigenvalue weighted by Gasteiger charge is 2.14. The van der Waals surface area contributed by atoms with Crippen molar-refractivity contribution in [3.63, 3.8) is 0 Å². The molecule has 0 spiro atoms. The summed E-state index contributed by atoms with van der Waals surface area (Å²) in [5.74, 6) is 3.30. The quantitative estimate of drug-likeness (QED) is 0.809. The first-order valence-electron chi connectivity index (χ1n) is 5.57. The number of nitrogens with one attached hydrogen (secondary N) is 1. The Bertz CT molecular complexity index is 351. The summed E-state index contributed by atoms with van der Waals surface area (Å²) < 4.78 is 5.11. The molecule has 0 bridgehead atoms. The van der Waals surface area contributed by atoms with E-state index in [1.54, 1.807) is 18.1 Å². The summed E-state index contributed by atoms with van der Waals surface area (Å²) in [5.41, 5.74) is 1.23. The van der Waals surface area contributed by atoms with Gasteiger partial charge in [0.2, 0.25) is 0 Å². The van der Waals surface area contributed by atoms with Gasteiger partial charge in [-0.05, 0) is 18.2 Å². The Morgan fingerprint density at radius 2 is 2.12 bits per heavy atom. The molecule has 2 N–H and O–H groups in total. The molecule has 88 valence electrons. The smallest absolute Gasteiger partial charge is 0.160 e. The maximum atomic E-state index is 9.51. The van der Waals surface area contributed by atoms with Crippen molar-refractivity contribution in [2.45, 2.75) is 6.54 Å². The van der Waals surface area contributed by atoms with Crippen LogP contribution >= 0.6 is 11.8 Å². The summed E-state index contributed by atoms with van der Waals surface area (Å²) >= 11 is 2.03. The molecular formula is C12H18NO2S+. The molecule has 3 nitrogen and oxygen atoms in total. The molecule has 0 radical (unpaired) electrons. The van der Waals surface area contributed by atoms with Crippen molar-refractivity contribution in [3.8, 4) is 11.5 Å². The lowest BCUT2D eigenvalue weighted by molar-refractivity contribution is -0.910. The summed E-state index contributed by atoms with van der Waals surface area (Å²) in [4.78, 5) is 1.62. The molecule has 0 unspecified atom stereocenters. The Balaban J connectivity index is 2.03. The molecule has 1 aliphatic heterocycles. The highest BCUT2D eigenvalue weighted by atomic mass is 32.2. The molecular weight excluding hydrogens is 222 g/mol. The lowest BCUT2D eigenvalue weighted by atomic mass is 10.2. The average Bonchev–Trinajstić information content (AvgIpc) is 2.33. The lowest BCUT2D eigenvalue weighted by Crippen LogP contribution is -3.12. The van der Waals surface area contributed by atoms with E-state index in [0.29, 0.717) is 5.75 Å². The van der Waals surface area contributed by atoms with E-state index in [9.17, 15) is 5.11 Å². The number of hydrogen-bond acceptors (Lipinski definition) is 3. The first kappa shape index (κ1) is 11.6. The van der Waals surface area contributed by atoms with Gasteiger partial charge in [0, 0.05) is 17.1 Å². The number of rotatable bonds is 3. The zero-order valence-electron chi connectivity index (χ0n) is 9.53. The number of methoxy groups -OCH3 is 1. The van der Waals surface area contributed by atoms with Gasteiger partial charge in [-0.25, -0.2) is 0 Å². The number of phenolic OH excluding ortho intramolecular Hbond substituents is 1. The van der Waals surface area contributed by atoms with Crippen molar-refractivity contribution in [2.24, 2.45) is 0 Å². The standard InChI is InChI=1S/C12H17NO2S/c1-15-12-8-10(2-3-11(12)14)9-13-4-6-16-7-5-13/h2-3,8,14H,4-7,9H2,1H3/p+1. The van der Waals surface area contributed by atoms with Crippen LogP contribution in [0, 0.1) is 0 Å². The van der Waals surface area contributed by atoms with E-state index in [1.165, 1.54) is 30.2 Å². The van der Waals surface area contributed by atoms with Crippen molar-refractivity contribution >= 4 is 11.8 Å². The van der Waals surface area contributed by atoms with Gasteiger partial charge in [-0.15, -0.1) is 0 Å². The fourth-order valence-corrected chi connectivity index (χ4v) is 3.03. The van der Waals surface area contributed by atoms with Crippen LogP contribution in [0.25, 0.3) is 0 Å². The second-order valence-electron chi connectivity index (χ2n) is 4.05. The minimum atomic E-state index is 0.218. The molecule has 16 heavy (non-hydrogen) atoms. The van der Waals surface area contributed by atoms with E-state index in [-0.39, 0.29) is 5.75 Å². The Morgan fingerprint density at radius 3 is 2.81 bits per heavy atom. The number of quaternary nitrogens is 1. The van der Waals surface area contributed by atoms with Crippen molar-refractivity contribution in [3.05, 3.63) is 23.8 Å². The molecule has 1 heterocycles. The van der Waals surface area contributed by atoms with Crippen LogP contribution in [0.2, 0.25) is 0 Å². The van der Waals surface area contributed by atoms with Gasteiger partial charge < -0.3 is 14.7 Å². The normalized spacial score (nSPS) is 17.3. The predicted molar refractivity (Wildman–Crippen MR) is 66.4 cm³/mol. The van der Waals surface area contributed by atoms with Crippen LogP contribution in [0.5, 0.6) is 11.5 Å². The molecule has 0 amide bonds. The zero-order valence-corrected chi connectivity index (χ0v) is 10.3. The van der Waals surface area contributed by atoms with E-state index in [1.807, 2.05) is 23.9 Å². The van der Waals surface area contributed by atoms with Gasteiger partial charge in [-0.3, -0.25) is 0 Å². The molecule has 4 heteroatoms. The van der Waals surface area contributed by atoms with Crippen molar-refractivity contribution in [2.75, 3.05) is 31.7 Å². The number of hydrogen-bond donors (Lipinski definition) is 2. The number of benzene rings is 1. The van der Waals surface area contributed by atoms with Gasteiger partial charge in [-0.2, -0.15) is 11.8 Å². The van der Waals surface area contributed by atoms with E-state index in [4.69, 9.17) is 4.74 Å². The van der Waals surface area contributed by atoms with Crippen molar-refractivity contribution in [1.82, 2.24) is 0 Å². The van der Waals surface area contributed by atoms with Gasteiger partial charge in [0.1, 0.15) is 6.54 Å². The third kappa shape index (κ3) is 2.83. The van der Waals surface area contributed by atoms with E-state index in [2.05, 4.69) is 0 Å². The van der Waals surface area contributed by atoms with Crippen LogP contribution in [0.15, 0.2) is 18.2 Å². The predicted octanol–water partition coefficient (Wildman–Crippen LogP) is 0.532. The second-order valence-corrected chi connectivity index (χ2v) is 5.27. The maximum Gasteiger partial charge on any atom is 0.160 e. The third-order valence-electron chi connectivity index (χ3n) is 2.90. The van der Waals surface area contributed by atoms with Gasteiger partial charge in [-0.1, -0.05) is 0 Å². The summed E-state index contributed by atoms with van der Waals surface area (Å²) in [6.07, 6.45) is 0. The molecule has 1 saturated heterocycles. The Hall–Kier alpha value is -0.870. The molecule has 1 fully saturated rings. The SMILES string of the molecule is COc1cc(C[NH+]2CCSCC2)ccc1O. The fraction of sp³-hybridized carbons (Fsp3) is 0.500. The van der Waals surface area contributed by atoms with Crippen LogP contribution in [0.3, 0.4) is 0 Å². The largest absolute Gasteiger partial charge is 0.504 e. The van der Waals surface area contributed by atoms with Crippen molar-refractivity contribution in [1.29, 1.82) is 0 Å². The van der Waals surface area contributed by atoms with E-state index in [0.717, 1.165) is 6.54 Å². The van der Waals surface area contributed by atoms with E-state index >= 15 is 0 Å².